The minimum Gasteiger partial charge on any atom is -0.506 e. The number of halogens is 1. The van der Waals surface area contributed by atoms with Crippen molar-refractivity contribution < 1.29 is 5.11 Å². The number of aromatic hydroxyl groups is 1. The van der Waals surface area contributed by atoms with Gasteiger partial charge in [-0.25, -0.2) is 0 Å². The summed E-state index contributed by atoms with van der Waals surface area (Å²) in [4.78, 5) is 2.06. The second-order valence-corrected chi connectivity index (χ2v) is 6.66. The third-order valence-electron chi connectivity index (χ3n) is 4.19. The van der Waals surface area contributed by atoms with E-state index < -0.39 is 0 Å². The van der Waals surface area contributed by atoms with E-state index in [1.807, 2.05) is 54.6 Å². The molecule has 0 bridgehead atoms. The number of hydrogen-bond acceptors (Lipinski definition) is 2. The third-order valence-corrected chi connectivity index (χ3v) is 4.83. The number of hydrogen-bond donors (Lipinski definition) is 1. The fraction of sp³-hybridized carbons (Fsp3) is 0. The Kier molecular flexibility index (Phi) is 4.16. The lowest BCUT2D eigenvalue weighted by Crippen LogP contribution is -2.10. The molecule has 0 spiro atoms. The summed E-state index contributed by atoms with van der Waals surface area (Å²) in [5, 5.41) is 12.9. The summed E-state index contributed by atoms with van der Waals surface area (Å²) in [5.41, 5.74) is 2.70. The highest BCUT2D eigenvalue weighted by Crippen LogP contribution is 2.44. The smallest absolute Gasteiger partial charge is 0.140 e. The predicted molar refractivity (Wildman–Crippen MR) is 108 cm³/mol. The van der Waals surface area contributed by atoms with Gasteiger partial charge in [-0.1, -0.05) is 54.6 Å². The molecule has 2 nitrogen and oxygen atoms in total. The van der Waals surface area contributed by atoms with Crippen LogP contribution in [0, 0.1) is 0 Å². The van der Waals surface area contributed by atoms with Crippen LogP contribution in [-0.4, -0.2) is 5.11 Å². The van der Waals surface area contributed by atoms with Crippen molar-refractivity contribution in [1.82, 2.24) is 0 Å². The molecule has 122 valence electrons. The molecule has 0 radical (unpaired) electrons. The quantitative estimate of drug-likeness (QED) is 0.417. The first-order chi connectivity index (χ1) is 12.2. The van der Waals surface area contributed by atoms with Crippen LogP contribution in [-0.2, 0) is 0 Å². The Bertz CT molecular complexity index is 1010. The van der Waals surface area contributed by atoms with Gasteiger partial charge in [-0.05, 0) is 63.1 Å². The van der Waals surface area contributed by atoms with E-state index in [4.69, 9.17) is 0 Å². The van der Waals surface area contributed by atoms with Gasteiger partial charge in [-0.3, -0.25) is 0 Å². The molecule has 0 saturated heterocycles. The van der Waals surface area contributed by atoms with Crippen molar-refractivity contribution in [3.63, 3.8) is 0 Å². The minimum absolute atomic E-state index is 0.228. The number of nitrogens with zero attached hydrogens (tertiary/aromatic N) is 1. The van der Waals surface area contributed by atoms with Gasteiger partial charge in [0, 0.05) is 15.8 Å². The van der Waals surface area contributed by atoms with Crippen LogP contribution in [0.2, 0.25) is 0 Å². The Hall–Kier alpha value is -2.78. The number of anilines is 3. The largest absolute Gasteiger partial charge is 0.506 e. The van der Waals surface area contributed by atoms with Crippen LogP contribution in [0.25, 0.3) is 10.8 Å². The van der Waals surface area contributed by atoms with Gasteiger partial charge in [0.25, 0.3) is 0 Å². The molecule has 0 aliphatic heterocycles. The van der Waals surface area contributed by atoms with Crippen molar-refractivity contribution in [3.05, 3.63) is 95.5 Å². The van der Waals surface area contributed by atoms with Crippen molar-refractivity contribution in [3.8, 4) is 5.75 Å². The Morgan fingerprint density at radius 2 is 1.36 bits per heavy atom. The van der Waals surface area contributed by atoms with E-state index in [9.17, 15) is 5.11 Å². The SMILES string of the molecule is Oc1cccc(Br)c1N(c1ccccc1)c1ccc2ccccc2c1. The number of phenolic OH excluding ortho intramolecular Hbond substituents is 1. The molecular formula is C22H16BrNO. The van der Waals surface area contributed by atoms with Gasteiger partial charge in [0.15, 0.2) is 0 Å². The average Bonchev–Trinajstić information content (AvgIpc) is 2.65. The lowest BCUT2D eigenvalue weighted by molar-refractivity contribution is 0.476. The number of fused-ring (bicyclic) bond motifs is 1. The highest BCUT2D eigenvalue weighted by molar-refractivity contribution is 9.10. The summed E-state index contributed by atoms with van der Waals surface area (Å²) in [6.07, 6.45) is 0. The van der Waals surface area contributed by atoms with E-state index in [-0.39, 0.29) is 5.75 Å². The fourth-order valence-electron chi connectivity index (χ4n) is 3.03. The van der Waals surface area contributed by atoms with Crippen molar-refractivity contribution in [1.29, 1.82) is 0 Å². The van der Waals surface area contributed by atoms with E-state index in [1.165, 1.54) is 5.39 Å². The molecule has 0 heterocycles. The van der Waals surface area contributed by atoms with Crippen molar-refractivity contribution in [2.45, 2.75) is 0 Å². The van der Waals surface area contributed by atoms with Crippen molar-refractivity contribution in [2.24, 2.45) is 0 Å². The molecular weight excluding hydrogens is 374 g/mol. The zero-order chi connectivity index (χ0) is 17.2. The number of rotatable bonds is 3. The van der Waals surface area contributed by atoms with E-state index in [0.29, 0.717) is 0 Å². The molecule has 3 heteroatoms. The highest BCUT2D eigenvalue weighted by Gasteiger charge is 2.18. The van der Waals surface area contributed by atoms with Crippen molar-refractivity contribution >= 4 is 43.8 Å². The third kappa shape index (κ3) is 2.99. The normalized spacial score (nSPS) is 10.8. The second kappa shape index (κ2) is 6.61. The summed E-state index contributed by atoms with van der Waals surface area (Å²) in [5.74, 6) is 0.228. The Morgan fingerprint density at radius 3 is 2.12 bits per heavy atom. The van der Waals surface area contributed by atoms with Gasteiger partial charge in [-0.15, -0.1) is 0 Å². The zero-order valence-corrected chi connectivity index (χ0v) is 15.0. The summed E-state index contributed by atoms with van der Waals surface area (Å²) < 4.78 is 0.838. The molecule has 4 aromatic carbocycles. The first kappa shape index (κ1) is 15.7. The van der Waals surface area contributed by atoms with Crippen LogP contribution in [0.1, 0.15) is 0 Å². The molecule has 0 unspecified atom stereocenters. The highest BCUT2D eigenvalue weighted by atomic mass is 79.9. The first-order valence-electron chi connectivity index (χ1n) is 8.05. The van der Waals surface area contributed by atoms with Crippen LogP contribution in [0.4, 0.5) is 17.1 Å². The molecule has 0 aliphatic rings. The van der Waals surface area contributed by atoms with E-state index in [2.05, 4.69) is 51.2 Å². The molecule has 4 aromatic rings. The number of para-hydroxylation sites is 2. The standard InChI is InChI=1S/C22H16BrNO/c23-20-11-6-12-21(25)22(20)24(18-9-2-1-3-10-18)19-14-13-16-7-4-5-8-17(16)15-19/h1-15,25H. The fourth-order valence-corrected chi connectivity index (χ4v) is 3.56. The van der Waals surface area contributed by atoms with Gasteiger partial charge in [0.1, 0.15) is 11.4 Å². The van der Waals surface area contributed by atoms with Crippen molar-refractivity contribution in [2.75, 3.05) is 4.90 Å². The predicted octanol–water partition coefficient (Wildman–Crippen LogP) is 6.78. The molecule has 0 aliphatic carbocycles. The van der Waals surface area contributed by atoms with Crippen LogP contribution < -0.4 is 4.90 Å². The summed E-state index contributed by atoms with van der Waals surface area (Å²) in [6, 6.07) is 30.1. The molecule has 1 N–H and O–H groups in total. The lowest BCUT2D eigenvalue weighted by Gasteiger charge is -2.27. The van der Waals surface area contributed by atoms with Crippen LogP contribution in [0.3, 0.4) is 0 Å². The molecule has 0 atom stereocenters. The van der Waals surface area contributed by atoms with Crippen LogP contribution >= 0.6 is 15.9 Å². The topological polar surface area (TPSA) is 23.5 Å². The molecule has 0 aromatic heterocycles. The zero-order valence-electron chi connectivity index (χ0n) is 13.4. The molecule has 0 saturated carbocycles. The summed E-state index contributed by atoms with van der Waals surface area (Å²) in [6.45, 7) is 0. The van der Waals surface area contributed by atoms with E-state index >= 15 is 0 Å². The first-order valence-corrected chi connectivity index (χ1v) is 8.85. The molecule has 4 rings (SSSR count). The van der Waals surface area contributed by atoms with Gasteiger partial charge in [0.05, 0.1) is 0 Å². The Labute approximate surface area is 155 Å². The Balaban J connectivity index is 1.97. The second-order valence-electron chi connectivity index (χ2n) is 5.81. The number of benzene rings is 4. The maximum atomic E-state index is 10.5. The number of phenols is 1. The maximum Gasteiger partial charge on any atom is 0.140 e. The summed E-state index contributed by atoms with van der Waals surface area (Å²) in [7, 11) is 0. The Morgan fingerprint density at radius 1 is 0.640 bits per heavy atom. The van der Waals surface area contributed by atoms with Crippen LogP contribution in [0.15, 0.2) is 95.5 Å². The molecule has 25 heavy (non-hydrogen) atoms. The van der Waals surface area contributed by atoms with Gasteiger partial charge in [0.2, 0.25) is 0 Å². The van der Waals surface area contributed by atoms with Gasteiger partial charge < -0.3 is 10.0 Å². The molecule has 0 amide bonds. The van der Waals surface area contributed by atoms with Gasteiger partial charge >= 0.3 is 0 Å². The summed E-state index contributed by atoms with van der Waals surface area (Å²) >= 11 is 3.59. The molecule has 0 fully saturated rings. The van der Waals surface area contributed by atoms with Crippen LogP contribution in [0.5, 0.6) is 5.75 Å². The lowest BCUT2D eigenvalue weighted by atomic mass is 10.1. The minimum atomic E-state index is 0.228. The van der Waals surface area contributed by atoms with Gasteiger partial charge in [-0.2, -0.15) is 0 Å². The average molecular weight is 390 g/mol. The monoisotopic (exact) mass is 389 g/mol. The van der Waals surface area contributed by atoms with E-state index in [0.717, 1.165) is 26.9 Å². The maximum absolute atomic E-state index is 10.5. The van der Waals surface area contributed by atoms with E-state index in [1.54, 1.807) is 6.07 Å².